The Morgan fingerprint density at radius 1 is 1.38 bits per heavy atom. The van der Waals surface area contributed by atoms with E-state index >= 15 is 0 Å². The SMILES string of the molecule is CCOC(=O)C(N)C(=O)NC(C)c1cc2ccccc2o1. The van der Waals surface area contributed by atoms with Gasteiger partial charge in [0.1, 0.15) is 11.3 Å². The molecule has 6 nitrogen and oxygen atoms in total. The lowest BCUT2D eigenvalue weighted by atomic mass is 10.2. The van der Waals surface area contributed by atoms with E-state index in [1.54, 1.807) is 13.8 Å². The summed E-state index contributed by atoms with van der Waals surface area (Å²) in [6.07, 6.45) is 0. The summed E-state index contributed by atoms with van der Waals surface area (Å²) >= 11 is 0. The van der Waals surface area contributed by atoms with Crippen molar-refractivity contribution in [3.8, 4) is 0 Å². The molecule has 1 aromatic carbocycles. The van der Waals surface area contributed by atoms with Crippen molar-refractivity contribution in [2.24, 2.45) is 5.73 Å². The molecule has 0 bridgehead atoms. The fraction of sp³-hybridized carbons (Fsp3) is 0.333. The van der Waals surface area contributed by atoms with Gasteiger partial charge >= 0.3 is 5.97 Å². The first-order chi connectivity index (χ1) is 10.0. The number of ether oxygens (including phenoxy) is 1. The second-order valence-electron chi connectivity index (χ2n) is 4.65. The number of fused-ring (bicyclic) bond motifs is 1. The molecule has 2 unspecified atom stereocenters. The predicted molar refractivity (Wildman–Crippen MR) is 77.4 cm³/mol. The lowest BCUT2D eigenvalue weighted by Gasteiger charge is -2.15. The third-order valence-corrected chi connectivity index (χ3v) is 3.05. The van der Waals surface area contributed by atoms with Crippen molar-refractivity contribution in [1.82, 2.24) is 5.32 Å². The normalized spacial score (nSPS) is 13.7. The molecule has 21 heavy (non-hydrogen) atoms. The zero-order valence-corrected chi connectivity index (χ0v) is 12.0. The van der Waals surface area contributed by atoms with E-state index in [-0.39, 0.29) is 6.61 Å². The van der Waals surface area contributed by atoms with Crippen LogP contribution in [0.4, 0.5) is 0 Å². The van der Waals surface area contributed by atoms with Gasteiger partial charge in [0, 0.05) is 5.39 Å². The van der Waals surface area contributed by atoms with Crippen molar-refractivity contribution < 1.29 is 18.7 Å². The first-order valence-electron chi connectivity index (χ1n) is 6.74. The number of carbonyl (C=O) groups excluding carboxylic acids is 2. The van der Waals surface area contributed by atoms with Crippen molar-refractivity contribution in [1.29, 1.82) is 0 Å². The van der Waals surface area contributed by atoms with Gasteiger partial charge in [-0.1, -0.05) is 18.2 Å². The highest BCUT2D eigenvalue weighted by molar-refractivity contribution is 6.01. The summed E-state index contributed by atoms with van der Waals surface area (Å²) in [6, 6.07) is 7.65. The van der Waals surface area contributed by atoms with Gasteiger partial charge in [0.2, 0.25) is 5.91 Å². The smallest absolute Gasteiger partial charge is 0.332 e. The number of rotatable bonds is 5. The van der Waals surface area contributed by atoms with E-state index in [1.807, 2.05) is 30.3 Å². The van der Waals surface area contributed by atoms with Crippen LogP contribution in [0.15, 0.2) is 34.7 Å². The molecule has 1 aromatic heterocycles. The summed E-state index contributed by atoms with van der Waals surface area (Å²) in [5.74, 6) is -0.742. The van der Waals surface area contributed by atoms with Gasteiger partial charge in [0.05, 0.1) is 12.6 Å². The van der Waals surface area contributed by atoms with Crippen LogP contribution in [0.2, 0.25) is 0 Å². The Morgan fingerprint density at radius 2 is 2.10 bits per heavy atom. The van der Waals surface area contributed by atoms with E-state index < -0.39 is 24.0 Å². The van der Waals surface area contributed by atoms with Gasteiger partial charge in [0.25, 0.3) is 0 Å². The summed E-state index contributed by atoms with van der Waals surface area (Å²) < 4.78 is 10.4. The molecule has 1 heterocycles. The van der Waals surface area contributed by atoms with E-state index in [0.717, 1.165) is 11.0 Å². The topological polar surface area (TPSA) is 94.6 Å². The Balaban J connectivity index is 2.05. The van der Waals surface area contributed by atoms with E-state index in [1.165, 1.54) is 0 Å². The summed E-state index contributed by atoms with van der Waals surface area (Å²) in [5.41, 5.74) is 6.27. The van der Waals surface area contributed by atoms with Crippen molar-refractivity contribution >= 4 is 22.8 Å². The number of hydrogen-bond acceptors (Lipinski definition) is 5. The van der Waals surface area contributed by atoms with E-state index in [2.05, 4.69) is 5.32 Å². The molecule has 0 saturated carbocycles. The number of nitrogens with two attached hydrogens (primary N) is 1. The maximum atomic E-state index is 11.9. The Morgan fingerprint density at radius 3 is 2.76 bits per heavy atom. The van der Waals surface area contributed by atoms with E-state index in [0.29, 0.717) is 5.76 Å². The van der Waals surface area contributed by atoms with Crippen LogP contribution < -0.4 is 11.1 Å². The molecule has 0 aliphatic heterocycles. The number of benzene rings is 1. The quantitative estimate of drug-likeness (QED) is 0.643. The van der Waals surface area contributed by atoms with Crippen molar-refractivity contribution in [3.05, 3.63) is 36.1 Å². The zero-order chi connectivity index (χ0) is 15.4. The van der Waals surface area contributed by atoms with Crippen LogP contribution in [-0.4, -0.2) is 24.5 Å². The van der Waals surface area contributed by atoms with Gasteiger partial charge in [-0.25, -0.2) is 4.79 Å². The molecule has 0 spiro atoms. The lowest BCUT2D eigenvalue weighted by Crippen LogP contribution is -2.47. The van der Waals surface area contributed by atoms with Crippen LogP contribution in [0, 0.1) is 0 Å². The number of hydrogen-bond donors (Lipinski definition) is 2. The number of nitrogens with one attached hydrogen (secondary N) is 1. The summed E-state index contributed by atoms with van der Waals surface area (Å²) in [6.45, 7) is 3.59. The van der Waals surface area contributed by atoms with Crippen LogP contribution in [-0.2, 0) is 14.3 Å². The lowest BCUT2D eigenvalue weighted by molar-refractivity contribution is -0.148. The van der Waals surface area contributed by atoms with Gasteiger partial charge in [-0.2, -0.15) is 0 Å². The average molecular weight is 290 g/mol. The Kier molecular flexibility index (Phi) is 4.59. The second kappa shape index (κ2) is 6.41. The van der Waals surface area contributed by atoms with Crippen LogP contribution in [0.5, 0.6) is 0 Å². The number of esters is 1. The van der Waals surface area contributed by atoms with Gasteiger partial charge in [-0.3, -0.25) is 4.79 Å². The van der Waals surface area contributed by atoms with Gasteiger partial charge in [0.15, 0.2) is 6.04 Å². The Hall–Kier alpha value is -2.34. The molecule has 0 aliphatic rings. The third kappa shape index (κ3) is 3.41. The molecule has 6 heteroatoms. The summed E-state index contributed by atoms with van der Waals surface area (Å²) in [7, 11) is 0. The van der Waals surface area contributed by atoms with Crippen LogP contribution >= 0.6 is 0 Å². The molecule has 2 rings (SSSR count). The first-order valence-corrected chi connectivity index (χ1v) is 6.74. The second-order valence-corrected chi connectivity index (χ2v) is 4.65. The monoisotopic (exact) mass is 290 g/mol. The minimum Gasteiger partial charge on any atom is -0.464 e. The van der Waals surface area contributed by atoms with Crippen molar-refractivity contribution in [2.75, 3.05) is 6.61 Å². The molecule has 2 atom stereocenters. The van der Waals surface area contributed by atoms with Crippen molar-refractivity contribution in [2.45, 2.75) is 25.9 Å². The van der Waals surface area contributed by atoms with Crippen molar-refractivity contribution in [3.63, 3.8) is 0 Å². The molecular formula is C15H18N2O4. The first kappa shape index (κ1) is 15.1. The molecule has 0 radical (unpaired) electrons. The Bertz CT molecular complexity index is 617. The standard InChI is InChI=1S/C15H18N2O4/c1-3-20-15(19)13(16)14(18)17-9(2)12-8-10-6-4-5-7-11(10)21-12/h4-9,13H,3,16H2,1-2H3,(H,17,18). The minimum absolute atomic E-state index is 0.180. The third-order valence-electron chi connectivity index (χ3n) is 3.05. The zero-order valence-electron chi connectivity index (χ0n) is 12.0. The fourth-order valence-corrected chi connectivity index (χ4v) is 1.93. The average Bonchev–Trinajstić information content (AvgIpc) is 2.90. The van der Waals surface area contributed by atoms with Gasteiger partial charge < -0.3 is 20.2 Å². The number of para-hydroxylation sites is 1. The molecule has 0 saturated heterocycles. The maximum absolute atomic E-state index is 11.9. The molecule has 1 amide bonds. The van der Waals surface area contributed by atoms with Gasteiger partial charge in [-0.15, -0.1) is 0 Å². The molecule has 2 aromatic rings. The van der Waals surface area contributed by atoms with Crippen LogP contribution in [0.1, 0.15) is 25.6 Å². The number of carbonyl (C=O) groups is 2. The summed E-state index contributed by atoms with van der Waals surface area (Å²) in [4.78, 5) is 23.3. The predicted octanol–water partition coefficient (Wildman–Crippen LogP) is 1.50. The summed E-state index contributed by atoms with van der Waals surface area (Å²) in [5, 5.41) is 3.59. The highest BCUT2D eigenvalue weighted by Crippen LogP contribution is 2.23. The number of furan rings is 1. The fourth-order valence-electron chi connectivity index (χ4n) is 1.93. The Labute approximate surface area is 122 Å². The minimum atomic E-state index is -1.34. The van der Waals surface area contributed by atoms with Crippen LogP contribution in [0.25, 0.3) is 11.0 Å². The largest absolute Gasteiger partial charge is 0.464 e. The van der Waals surface area contributed by atoms with E-state index in [4.69, 9.17) is 14.9 Å². The highest BCUT2D eigenvalue weighted by atomic mass is 16.5. The molecular weight excluding hydrogens is 272 g/mol. The van der Waals surface area contributed by atoms with Crippen LogP contribution in [0.3, 0.4) is 0 Å². The molecule has 3 N–H and O–H groups in total. The maximum Gasteiger partial charge on any atom is 0.332 e. The molecule has 0 fully saturated rings. The van der Waals surface area contributed by atoms with E-state index in [9.17, 15) is 9.59 Å². The molecule has 112 valence electrons. The number of amides is 1. The van der Waals surface area contributed by atoms with Gasteiger partial charge in [-0.05, 0) is 26.0 Å². The molecule has 0 aliphatic carbocycles. The highest BCUT2D eigenvalue weighted by Gasteiger charge is 2.25.